The molecule has 23 heavy (non-hydrogen) atoms. The SMILES string of the molecule is CCOC(=O)[C@@H]1C(=O)C(=O)N/C1=N/Nc1ccccc1[N+](=O)[O-]. The lowest BCUT2D eigenvalue weighted by Gasteiger charge is -2.08. The summed E-state index contributed by atoms with van der Waals surface area (Å²) in [7, 11) is 0. The van der Waals surface area contributed by atoms with Crippen molar-refractivity contribution in [1.29, 1.82) is 0 Å². The molecule has 120 valence electrons. The van der Waals surface area contributed by atoms with Crippen molar-refractivity contribution in [2.45, 2.75) is 6.92 Å². The van der Waals surface area contributed by atoms with E-state index < -0.39 is 28.5 Å². The van der Waals surface area contributed by atoms with E-state index in [9.17, 15) is 24.5 Å². The zero-order valence-corrected chi connectivity index (χ0v) is 11.9. The minimum Gasteiger partial charge on any atom is -0.465 e. The molecule has 2 rings (SSSR count). The summed E-state index contributed by atoms with van der Waals surface area (Å²) in [6.45, 7) is 1.58. The molecule has 0 aromatic heterocycles. The number of esters is 1. The van der Waals surface area contributed by atoms with Crippen LogP contribution >= 0.6 is 0 Å². The summed E-state index contributed by atoms with van der Waals surface area (Å²) < 4.78 is 4.72. The van der Waals surface area contributed by atoms with Crippen molar-refractivity contribution in [3.63, 3.8) is 0 Å². The lowest BCUT2D eigenvalue weighted by Crippen LogP contribution is -2.30. The van der Waals surface area contributed by atoms with Crippen molar-refractivity contribution in [2.24, 2.45) is 11.0 Å². The summed E-state index contributed by atoms with van der Waals surface area (Å²) in [4.78, 5) is 45.1. The number of nitrogens with zero attached hydrogens (tertiary/aromatic N) is 2. The van der Waals surface area contributed by atoms with Crippen LogP contribution in [0.25, 0.3) is 0 Å². The van der Waals surface area contributed by atoms with E-state index in [-0.39, 0.29) is 23.8 Å². The highest BCUT2D eigenvalue weighted by molar-refractivity contribution is 6.53. The summed E-state index contributed by atoms with van der Waals surface area (Å²) >= 11 is 0. The third-order valence-corrected chi connectivity index (χ3v) is 2.92. The molecule has 1 amide bonds. The average Bonchev–Trinajstić information content (AvgIpc) is 2.80. The number of para-hydroxylation sites is 2. The highest BCUT2D eigenvalue weighted by Crippen LogP contribution is 2.23. The molecule has 10 nitrogen and oxygen atoms in total. The number of nitro benzene ring substituents is 1. The predicted octanol–water partition coefficient (Wildman–Crippen LogP) is 0.198. The molecule has 1 aromatic rings. The Hall–Kier alpha value is -3.30. The number of nitro groups is 1. The third kappa shape index (κ3) is 3.31. The van der Waals surface area contributed by atoms with Gasteiger partial charge < -0.3 is 10.1 Å². The zero-order chi connectivity index (χ0) is 17.0. The first-order chi connectivity index (χ1) is 11.0. The maximum atomic E-state index is 11.7. The summed E-state index contributed by atoms with van der Waals surface area (Å²) in [5.41, 5.74) is 2.17. The van der Waals surface area contributed by atoms with Crippen LogP contribution in [-0.2, 0) is 19.1 Å². The van der Waals surface area contributed by atoms with E-state index >= 15 is 0 Å². The van der Waals surface area contributed by atoms with Gasteiger partial charge in [-0.2, -0.15) is 5.10 Å². The van der Waals surface area contributed by atoms with Gasteiger partial charge in [0.05, 0.1) is 11.5 Å². The molecule has 0 aliphatic carbocycles. The molecule has 1 fully saturated rings. The van der Waals surface area contributed by atoms with E-state index in [2.05, 4.69) is 15.8 Å². The molecule has 10 heteroatoms. The summed E-state index contributed by atoms with van der Waals surface area (Å²) in [6.07, 6.45) is 0. The van der Waals surface area contributed by atoms with E-state index in [4.69, 9.17) is 4.74 Å². The second kappa shape index (κ2) is 6.64. The normalized spacial score (nSPS) is 18.7. The van der Waals surface area contributed by atoms with Crippen LogP contribution in [0.1, 0.15) is 6.92 Å². The molecule has 0 spiro atoms. The largest absolute Gasteiger partial charge is 0.465 e. The number of ether oxygens (including phenoxy) is 1. The van der Waals surface area contributed by atoms with Crippen molar-refractivity contribution >= 4 is 34.9 Å². The number of hydrogen-bond donors (Lipinski definition) is 2. The first kappa shape index (κ1) is 16.1. The Morgan fingerprint density at radius 1 is 1.43 bits per heavy atom. The maximum Gasteiger partial charge on any atom is 0.324 e. The van der Waals surface area contributed by atoms with Gasteiger partial charge in [-0.3, -0.25) is 29.9 Å². The topological polar surface area (TPSA) is 140 Å². The zero-order valence-electron chi connectivity index (χ0n) is 11.9. The first-order valence-electron chi connectivity index (χ1n) is 6.54. The molecule has 0 saturated carbocycles. The molecular weight excluding hydrogens is 308 g/mol. The smallest absolute Gasteiger partial charge is 0.324 e. The van der Waals surface area contributed by atoms with E-state index in [1.165, 1.54) is 24.3 Å². The summed E-state index contributed by atoms with van der Waals surface area (Å²) in [5, 5.41) is 16.8. The fourth-order valence-electron chi connectivity index (χ4n) is 1.89. The van der Waals surface area contributed by atoms with Crippen LogP contribution < -0.4 is 10.7 Å². The lowest BCUT2D eigenvalue weighted by atomic mass is 10.1. The molecule has 0 radical (unpaired) electrons. The first-order valence-corrected chi connectivity index (χ1v) is 6.54. The van der Waals surface area contributed by atoms with E-state index in [0.717, 1.165) is 0 Å². The molecule has 2 N–H and O–H groups in total. The van der Waals surface area contributed by atoms with Gasteiger partial charge in [0.1, 0.15) is 5.69 Å². The van der Waals surface area contributed by atoms with Gasteiger partial charge in [0, 0.05) is 6.07 Å². The Bertz CT molecular complexity index is 714. The van der Waals surface area contributed by atoms with Crippen molar-refractivity contribution in [3.05, 3.63) is 34.4 Å². The van der Waals surface area contributed by atoms with Crippen LogP contribution in [0, 0.1) is 16.0 Å². The van der Waals surface area contributed by atoms with E-state index in [0.29, 0.717) is 0 Å². The number of hydrogen-bond acceptors (Lipinski definition) is 8. The van der Waals surface area contributed by atoms with Gasteiger partial charge >= 0.3 is 5.97 Å². The van der Waals surface area contributed by atoms with Crippen molar-refractivity contribution in [3.8, 4) is 0 Å². The van der Waals surface area contributed by atoms with Gasteiger partial charge in [0.15, 0.2) is 11.8 Å². The number of nitrogens with one attached hydrogen (secondary N) is 2. The molecule has 1 aliphatic rings. The number of amides is 1. The average molecular weight is 320 g/mol. The fourth-order valence-corrected chi connectivity index (χ4v) is 1.89. The van der Waals surface area contributed by atoms with Crippen LogP contribution in [0.2, 0.25) is 0 Å². The third-order valence-electron chi connectivity index (χ3n) is 2.92. The van der Waals surface area contributed by atoms with Crippen LogP contribution in [0.5, 0.6) is 0 Å². The van der Waals surface area contributed by atoms with Crippen molar-refractivity contribution in [2.75, 3.05) is 12.0 Å². The van der Waals surface area contributed by atoms with Gasteiger partial charge in [-0.1, -0.05) is 12.1 Å². The standard InChI is InChI=1S/C13H12N4O6/c1-2-23-13(20)9-10(18)12(19)14-11(9)16-15-7-5-3-4-6-8(7)17(21)22/h3-6,9,15H,2H2,1H3,(H,14,16,19)/t9-/m1/s1. The number of rotatable bonds is 5. The molecule has 1 heterocycles. The Labute approximate surface area is 129 Å². The highest BCUT2D eigenvalue weighted by Gasteiger charge is 2.44. The Kier molecular flexibility index (Phi) is 4.64. The van der Waals surface area contributed by atoms with Gasteiger partial charge in [0.25, 0.3) is 11.6 Å². The van der Waals surface area contributed by atoms with E-state index in [1.807, 2.05) is 0 Å². The second-order valence-electron chi connectivity index (χ2n) is 4.39. The molecule has 1 aliphatic heterocycles. The minimum absolute atomic E-state index is 0.0294. The van der Waals surface area contributed by atoms with E-state index in [1.54, 1.807) is 6.92 Å². The van der Waals surface area contributed by atoms with Crippen LogP contribution in [0.4, 0.5) is 11.4 Å². The molecule has 0 bridgehead atoms. The molecular formula is C13H12N4O6. The quantitative estimate of drug-likeness (QED) is 0.259. The van der Waals surface area contributed by atoms with Crippen LogP contribution in [0.15, 0.2) is 29.4 Å². The molecule has 1 saturated heterocycles. The molecule has 1 aromatic carbocycles. The van der Waals surface area contributed by atoms with Gasteiger partial charge in [-0.15, -0.1) is 0 Å². The maximum absolute atomic E-state index is 11.7. The fraction of sp³-hybridized carbons (Fsp3) is 0.231. The number of carbonyl (C=O) groups is 3. The van der Waals surface area contributed by atoms with Crippen LogP contribution in [0.3, 0.4) is 0 Å². The lowest BCUT2D eigenvalue weighted by molar-refractivity contribution is -0.384. The highest BCUT2D eigenvalue weighted by atomic mass is 16.6. The number of Topliss-reactive ketones (excluding diaryl/α,β-unsaturated/α-hetero) is 1. The number of carbonyl (C=O) groups excluding carboxylic acids is 3. The van der Waals surface area contributed by atoms with Gasteiger partial charge in [-0.05, 0) is 13.0 Å². The van der Waals surface area contributed by atoms with Gasteiger partial charge in [0.2, 0.25) is 5.78 Å². The van der Waals surface area contributed by atoms with Gasteiger partial charge in [-0.25, -0.2) is 0 Å². The predicted molar refractivity (Wildman–Crippen MR) is 77.4 cm³/mol. The number of hydrazone groups is 1. The summed E-state index contributed by atoms with van der Waals surface area (Å²) in [6, 6.07) is 5.65. The Morgan fingerprint density at radius 3 is 2.78 bits per heavy atom. The second-order valence-corrected chi connectivity index (χ2v) is 4.39. The van der Waals surface area contributed by atoms with Crippen molar-refractivity contribution in [1.82, 2.24) is 5.32 Å². The Balaban J connectivity index is 2.27. The van der Waals surface area contributed by atoms with Crippen LogP contribution in [-0.4, -0.2) is 35.0 Å². The minimum atomic E-state index is -1.50. The van der Waals surface area contributed by atoms with Crippen molar-refractivity contribution < 1.29 is 24.0 Å². The number of anilines is 1. The summed E-state index contributed by atoms with van der Waals surface area (Å²) in [5.74, 6) is -4.67. The molecule has 1 atom stereocenters. The number of ketones is 1. The monoisotopic (exact) mass is 320 g/mol. The number of amidine groups is 1. The number of benzene rings is 1. The molecule has 0 unspecified atom stereocenters. The Morgan fingerprint density at radius 2 is 2.13 bits per heavy atom.